The summed E-state index contributed by atoms with van der Waals surface area (Å²) in [5.41, 5.74) is 2.08. The summed E-state index contributed by atoms with van der Waals surface area (Å²) in [6.07, 6.45) is 0.293. The first-order valence-corrected chi connectivity index (χ1v) is 9.41. The number of nitrogens with zero attached hydrogens (tertiary/aromatic N) is 1. The van der Waals surface area contributed by atoms with Crippen LogP contribution in [0.3, 0.4) is 0 Å². The first-order valence-electron chi connectivity index (χ1n) is 9.41. The molecule has 5 heteroatoms. The van der Waals surface area contributed by atoms with Crippen LogP contribution in [0.1, 0.15) is 31.0 Å². The van der Waals surface area contributed by atoms with E-state index >= 15 is 0 Å². The summed E-state index contributed by atoms with van der Waals surface area (Å²) in [5, 5.41) is 3.20. The lowest BCUT2D eigenvalue weighted by Gasteiger charge is -2.35. The summed E-state index contributed by atoms with van der Waals surface area (Å²) in [6.45, 7) is 6.01. The van der Waals surface area contributed by atoms with Crippen LogP contribution in [0.2, 0.25) is 0 Å². The fourth-order valence-electron chi connectivity index (χ4n) is 3.62. The van der Waals surface area contributed by atoms with Gasteiger partial charge in [0.25, 0.3) is 0 Å². The van der Waals surface area contributed by atoms with E-state index in [1.54, 1.807) is 7.11 Å². The van der Waals surface area contributed by atoms with Gasteiger partial charge in [0, 0.05) is 13.1 Å². The number of morpholine rings is 1. The Bertz CT molecular complexity index is 723. The molecular formula is C22H28N2O3. The Balaban J connectivity index is 1.74. The summed E-state index contributed by atoms with van der Waals surface area (Å²) < 4.78 is 11.0. The summed E-state index contributed by atoms with van der Waals surface area (Å²) in [5.74, 6) is 0.814. The van der Waals surface area contributed by atoms with E-state index in [4.69, 9.17) is 9.47 Å². The van der Waals surface area contributed by atoms with Crippen LogP contribution in [-0.4, -0.2) is 49.8 Å². The Morgan fingerprint density at radius 1 is 1.07 bits per heavy atom. The highest BCUT2D eigenvalue weighted by Crippen LogP contribution is 2.24. The third-order valence-corrected chi connectivity index (χ3v) is 4.75. The van der Waals surface area contributed by atoms with Crippen molar-refractivity contribution in [3.63, 3.8) is 0 Å². The molecule has 1 aliphatic heterocycles. The molecule has 0 aliphatic carbocycles. The molecule has 0 unspecified atom stereocenters. The van der Waals surface area contributed by atoms with E-state index < -0.39 is 0 Å². The minimum absolute atomic E-state index is 0.0148. The molecule has 2 aromatic carbocycles. The molecule has 27 heavy (non-hydrogen) atoms. The third-order valence-electron chi connectivity index (χ3n) is 4.75. The molecule has 1 amide bonds. The highest BCUT2D eigenvalue weighted by Gasteiger charge is 2.25. The number of rotatable bonds is 6. The molecule has 0 bridgehead atoms. The van der Waals surface area contributed by atoms with Crippen molar-refractivity contribution in [2.75, 3.05) is 26.7 Å². The highest BCUT2D eigenvalue weighted by molar-refractivity contribution is 5.79. The molecule has 2 aromatic rings. The lowest BCUT2D eigenvalue weighted by Crippen LogP contribution is -2.49. The van der Waals surface area contributed by atoms with Crippen LogP contribution in [0, 0.1) is 0 Å². The number of benzene rings is 2. The molecule has 1 aliphatic rings. The maximum Gasteiger partial charge on any atom is 0.234 e. The van der Waals surface area contributed by atoms with Crippen LogP contribution in [0.4, 0.5) is 0 Å². The van der Waals surface area contributed by atoms with Gasteiger partial charge in [0.15, 0.2) is 0 Å². The lowest BCUT2D eigenvalue weighted by molar-refractivity contribution is -0.126. The van der Waals surface area contributed by atoms with E-state index in [0.717, 1.165) is 30.0 Å². The van der Waals surface area contributed by atoms with E-state index in [1.807, 2.05) is 68.4 Å². The maximum absolute atomic E-state index is 12.8. The zero-order valence-corrected chi connectivity index (χ0v) is 16.2. The number of methoxy groups -OCH3 is 1. The second kappa shape index (κ2) is 9.02. The molecule has 0 saturated carbocycles. The van der Waals surface area contributed by atoms with Crippen LogP contribution < -0.4 is 10.1 Å². The molecule has 1 heterocycles. The first-order chi connectivity index (χ1) is 13.0. The van der Waals surface area contributed by atoms with Gasteiger partial charge < -0.3 is 14.8 Å². The van der Waals surface area contributed by atoms with Gasteiger partial charge >= 0.3 is 0 Å². The van der Waals surface area contributed by atoms with Gasteiger partial charge in [-0.25, -0.2) is 0 Å². The lowest BCUT2D eigenvalue weighted by atomic mass is 9.98. The van der Waals surface area contributed by atoms with Gasteiger partial charge in [-0.2, -0.15) is 0 Å². The smallest absolute Gasteiger partial charge is 0.234 e. The van der Waals surface area contributed by atoms with Crippen LogP contribution in [-0.2, 0) is 9.53 Å². The monoisotopic (exact) mass is 368 g/mol. The van der Waals surface area contributed by atoms with E-state index in [0.29, 0.717) is 6.54 Å². The van der Waals surface area contributed by atoms with Crippen LogP contribution in [0.15, 0.2) is 54.6 Å². The summed E-state index contributed by atoms with van der Waals surface area (Å²) in [7, 11) is 1.65. The third kappa shape index (κ3) is 5.31. The normalized spacial score (nSPS) is 21.4. The summed E-state index contributed by atoms with van der Waals surface area (Å²) >= 11 is 0. The second-order valence-corrected chi connectivity index (χ2v) is 7.14. The molecule has 1 fully saturated rings. The standard InChI is InChI=1S/C22H28N2O3/c1-16-13-24(14-17(2)27-16)15-21(25)23-22(18-7-5-4-6-8-18)19-9-11-20(26-3)12-10-19/h4-12,16-17,22H,13-15H2,1-3H3,(H,23,25)/t16-,17+,22-/m0/s1. The Labute approximate surface area is 161 Å². The van der Waals surface area contributed by atoms with E-state index in [1.165, 1.54) is 0 Å². The van der Waals surface area contributed by atoms with Crippen LogP contribution in [0.5, 0.6) is 5.75 Å². The maximum atomic E-state index is 12.8. The topological polar surface area (TPSA) is 50.8 Å². The predicted molar refractivity (Wildman–Crippen MR) is 106 cm³/mol. The van der Waals surface area contributed by atoms with Crippen molar-refractivity contribution in [1.82, 2.24) is 10.2 Å². The van der Waals surface area contributed by atoms with Gasteiger partial charge in [-0.3, -0.25) is 9.69 Å². The molecule has 3 rings (SSSR count). The van der Waals surface area contributed by atoms with E-state index in [9.17, 15) is 4.79 Å². The second-order valence-electron chi connectivity index (χ2n) is 7.14. The fourth-order valence-corrected chi connectivity index (χ4v) is 3.62. The van der Waals surface area contributed by atoms with Crippen molar-refractivity contribution in [2.45, 2.75) is 32.1 Å². The molecule has 1 N–H and O–H groups in total. The van der Waals surface area contributed by atoms with Crippen molar-refractivity contribution in [1.29, 1.82) is 0 Å². The minimum atomic E-state index is -0.194. The quantitative estimate of drug-likeness (QED) is 0.852. The average molecular weight is 368 g/mol. The number of carbonyl (C=O) groups is 1. The SMILES string of the molecule is COc1ccc([C@@H](NC(=O)CN2C[C@@H](C)O[C@@H](C)C2)c2ccccc2)cc1. The Morgan fingerprint density at radius 2 is 1.67 bits per heavy atom. The van der Waals surface area contributed by atoms with Gasteiger partial charge in [-0.1, -0.05) is 42.5 Å². The number of amides is 1. The minimum Gasteiger partial charge on any atom is -0.497 e. The molecule has 0 spiro atoms. The average Bonchev–Trinajstić information content (AvgIpc) is 2.66. The molecule has 5 nitrogen and oxygen atoms in total. The van der Waals surface area contributed by atoms with Gasteiger partial charge in [0.2, 0.25) is 5.91 Å². The van der Waals surface area contributed by atoms with Gasteiger partial charge in [-0.05, 0) is 37.1 Å². The Hall–Kier alpha value is -2.37. The van der Waals surface area contributed by atoms with Gasteiger partial charge in [0.05, 0.1) is 31.9 Å². The summed E-state index contributed by atoms with van der Waals surface area (Å²) in [6, 6.07) is 17.7. The molecule has 1 saturated heterocycles. The summed E-state index contributed by atoms with van der Waals surface area (Å²) in [4.78, 5) is 14.9. The molecule has 144 valence electrons. The number of nitrogens with one attached hydrogen (secondary N) is 1. The highest BCUT2D eigenvalue weighted by atomic mass is 16.5. The largest absolute Gasteiger partial charge is 0.497 e. The molecule has 0 aromatic heterocycles. The number of ether oxygens (including phenoxy) is 2. The van der Waals surface area contributed by atoms with Gasteiger partial charge in [0.1, 0.15) is 5.75 Å². The van der Waals surface area contributed by atoms with E-state index in [2.05, 4.69) is 10.2 Å². The van der Waals surface area contributed by atoms with Crippen molar-refractivity contribution in [3.8, 4) is 5.75 Å². The molecular weight excluding hydrogens is 340 g/mol. The molecule has 3 atom stereocenters. The van der Waals surface area contributed by atoms with Crippen molar-refractivity contribution in [2.24, 2.45) is 0 Å². The Morgan fingerprint density at radius 3 is 2.26 bits per heavy atom. The zero-order valence-electron chi connectivity index (χ0n) is 16.2. The van der Waals surface area contributed by atoms with Gasteiger partial charge in [-0.15, -0.1) is 0 Å². The van der Waals surface area contributed by atoms with Crippen LogP contribution in [0.25, 0.3) is 0 Å². The fraction of sp³-hybridized carbons (Fsp3) is 0.409. The van der Waals surface area contributed by atoms with Crippen molar-refractivity contribution < 1.29 is 14.3 Å². The zero-order chi connectivity index (χ0) is 19.2. The predicted octanol–water partition coefficient (Wildman–Crippen LogP) is 3.01. The molecule has 0 radical (unpaired) electrons. The van der Waals surface area contributed by atoms with Crippen LogP contribution >= 0.6 is 0 Å². The van der Waals surface area contributed by atoms with Crippen molar-refractivity contribution in [3.05, 3.63) is 65.7 Å². The Kier molecular flexibility index (Phi) is 6.48. The number of hydrogen-bond donors (Lipinski definition) is 1. The van der Waals surface area contributed by atoms with Crippen molar-refractivity contribution >= 4 is 5.91 Å². The van der Waals surface area contributed by atoms with E-state index in [-0.39, 0.29) is 24.2 Å². The first kappa shape index (κ1) is 19.4. The number of hydrogen-bond acceptors (Lipinski definition) is 4. The number of carbonyl (C=O) groups excluding carboxylic acids is 1.